The summed E-state index contributed by atoms with van der Waals surface area (Å²) in [5, 5.41) is 6.32. The van der Waals surface area contributed by atoms with Crippen LogP contribution in [0.25, 0.3) is 0 Å². The van der Waals surface area contributed by atoms with E-state index in [9.17, 15) is 0 Å². The van der Waals surface area contributed by atoms with Gasteiger partial charge in [0.2, 0.25) is 0 Å². The summed E-state index contributed by atoms with van der Waals surface area (Å²) in [6, 6.07) is 4.85. The van der Waals surface area contributed by atoms with Crippen molar-refractivity contribution in [3.63, 3.8) is 0 Å². The van der Waals surface area contributed by atoms with Crippen molar-refractivity contribution in [3.8, 4) is 0 Å². The minimum absolute atomic E-state index is 0.538. The first-order valence-electron chi connectivity index (χ1n) is 6.15. The Hall–Kier alpha value is -1.33. The van der Waals surface area contributed by atoms with Gasteiger partial charge in [0.25, 0.3) is 0 Å². The van der Waals surface area contributed by atoms with E-state index in [2.05, 4.69) is 41.5 Å². The minimum Gasteiger partial charge on any atom is -0.396 e. The molecule has 2 rings (SSSR count). The Kier molecular flexibility index (Phi) is 4.38. The molecule has 2 aromatic rings. The zero-order valence-corrected chi connectivity index (χ0v) is 11.7. The van der Waals surface area contributed by atoms with E-state index in [1.165, 1.54) is 4.88 Å². The van der Waals surface area contributed by atoms with E-state index in [4.69, 9.17) is 5.73 Å². The second-order valence-electron chi connectivity index (χ2n) is 4.65. The molecule has 0 aliphatic heterocycles. The topological polar surface area (TPSA) is 47.1 Å². The lowest BCUT2D eigenvalue weighted by molar-refractivity contribution is 0.243. The number of rotatable bonds is 6. The van der Waals surface area contributed by atoms with Crippen molar-refractivity contribution in [1.29, 1.82) is 0 Å². The normalized spacial score (nSPS) is 13.1. The maximum atomic E-state index is 5.64. The Morgan fingerprint density at radius 1 is 1.56 bits per heavy atom. The highest BCUT2D eigenvalue weighted by atomic mass is 32.1. The summed E-state index contributed by atoms with van der Waals surface area (Å²) in [5.74, 6) is 0. The summed E-state index contributed by atoms with van der Waals surface area (Å²) in [6.07, 6.45) is 4.67. The van der Waals surface area contributed by atoms with Crippen molar-refractivity contribution in [3.05, 3.63) is 34.8 Å². The molecule has 0 saturated carbocycles. The van der Waals surface area contributed by atoms with Crippen LogP contribution < -0.4 is 5.73 Å². The van der Waals surface area contributed by atoms with Crippen molar-refractivity contribution < 1.29 is 0 Å². The third kappa shape index (κ3) is 3.58. The number of aromatic nitrogens is 2. The van der Waals surface area contributed by atoms with Gasteiger partial charge in [0.15, 0.2) is 0 Å². The van der Waals surface area contributed by atoms with Crippen LogP contribution in [0.1, 0.15) is 11.8 Å². The highest BCUT2D eigenvalue weighted by molar-refractivity contribution is 7.09. The van der Waals surface area contributed by atoms with Crippen LogP contribution in [0.3, 0.4) is 0 Å². The number of nitrogens with two attached hydrogens (primary N) is 1. The van der Waals surface area contributed by atoms with Gasteiger partial charge < -0.3 is 10.6 Å². The zero-order chi connectivity index (χ0) is 13.0. The molecule has 1 atom stereocenters. The van der Waals surface area contributed by atoms with Crippen molar-refractivity contribution >= 4 is 17.0 Å². The fraction of sp³-hybridized carbons (Fsp3) is 0.462. The van der Waals surface area contributed by atoms with Gasteiger partial charge in [0.05, 0.1) is 18.4 Å². The molecule has 2 N–H and O–H groups in total. The quantitative estimate of drug-likeness (QED) is 0.869. The van der Waals surface area contributed by atoms with Gasteiger partial charge in [-0.05, 0) is 31.8 Å². The molecule has 0 spiro atoms. The van der Waals surface area contributed by atoms with Crippen LogP contribution in [0.5, 0.6) is 0 Å². The van der Waals surface area contributed by atoms with Gasteiger partial charge in [-0.3, -0.25) is 4.68 Å². The van der Waals surface area contributed by atoms with Crippen molar-refractivity contribution in [2.75, 3.05) is 19.3 Å². The van der Waals surface area contributed by atoms with E-state index < -0.39 is 0 Å². The van der Waals surface area contributed by atoms with Crippen LogP contribution in [0.15, 0.2) is 29.9 Å². The van der Waals surface area contributed by atoms with Gasteiger partial charge in [-0.1, -0.05) is 6.07 Å². The summed E-state index contributed by atoms with van der Waals surface area (Å²) in [4.78, 5) is 3.80. The average Bonchev–Trinajstić information content (AvgIpc) is 2.97. The number of anilines is 1. The minimum atomic E-state index is 0.538. The number of likely N-dealkylation sites (N-methyl/N-ethyl adjacent to an activating group) is 1. The Labute approximate surface area is 112 Å². The number of nitrogens with zero attached hydrogens (tertiary/aromatic N) is 3. The molecule has 1 unspecified atom stereocenters. The van der Waals surface area contributed by atoms with Gasteiger partial charge >= 0.3 is 0 Å². The molecule has 98 valence electrons. The number of hydrogen-bond acceptors (Lipinski definition) is 4. The molecule has 2 heterocycles. The smallest absolute Gasteiger partial charge is 0.0719 e. The largest absolute Gasteiger partial charge is 0.396 e. The van der Waals surface area contributed by atoms with Crippen LogP contribution in [-0.2, 0) is 13.0 Å². The lowest BCUT2D eigenvalue weighted by Crippen LogP contribution is -2.33. The third-order valence-electron chi connectivity index (χ3n) is 3.16. The number of thiophene rings is 1. The highest BCUT2D eigenvalue weighted by Crippen LogP contribution is 2.13. The molecule has 4 nitrogen and oxygen atoms in total. The van der Waals surface area contributed by atoms with E-state index >= 15 is 0 Å². The first-order chi connectivity index (χ1) is 8.65. The SMILES string of the molecule is CC(Cc1cccs1)N(C)CCn1cc(N)cn1. The second kappa shape index (κ2) is 6.02. The molecule has 0 aliphatic carbocycles. The van der Waals surface area contributed by atoms with Crippen molar-refractivity contribution in [1.82, 2.24) is 14.7 Å². The maximum absolute atomic E-state index is 5.64. The monoisotopic (exact) mass is 264 g/mol. The van der Waals surface area contributed by atoms with E-state index in [-0.39, 0.29) is 0 Å². The lowest BCUT2D eigenvalue weighted by atomic mass is 10.2. The van der Waals surface area contributed by atoms with Crippen LogP contribution in [0.2, 0.25) is 0 Å². The van der Waals surface area contributed by atoms with Gasteiger partial charge in [-0.2, -0.15) is 5.10 Å². The molecule has 18 heavy (non-hydrogen) atoms. The van der Waals surface area contributed by atoms with E-state index in [1.54, 1.807) is 6.20 Å². The first kappa shape index (κ1) is 13.1. The predicted molar refractivity (Wildman–Crippen MR) is 76.8 cm³/mol. The van der Waals surface area contributed by atoms with E-state index in [1.807, 2.05) is 22.2 Å². The standard InChI is InChI=1S/C13H20N4S/c1-11(8-13-4-3-7-18-13)16(2)5-6-17-10-12(14)9-15-17/h3-4,7,9-11H,5-6,8,14H2,1-2H3. The first-order valence-corrected chi connectivity index (χ1v) is 7.03. The van der Waals surface area contributed by atoms with Gasteiger partial charge in [-0.15, -0.1) is 11.3 Å². The molecule has 0 bridgehead atoms. The van der Waals surface area contributed by atoms with Gasteiger partial charge in [-0.25, -0.2) is 0 Å². The molecule has 5 heteroatoms. The second-order valence-corrected chi connectivity index (χ2v) is 5.68. The number of hydrogen-bond donors (Lipinski definition) is 1. The summed E-state index contributed by atoms with van der Waals surface area (Å²) >= 11 is 1.83. The zero-order valence-electron chi connectivity index (χ0n) is 10.9. The number of nitrogen functional groups attached to an aromatic ring is 1. The predicted octanol–water partition coefficient (Wildman–Crippen LogP) is 2.09. The van der Waals surface area contributed by atoms with Crippen LogP contribution in [0.4, 0.5) is 5.69 Å². The van der Waals surface area contributed by atoms with Gasteiger partial charge in [0.1, 0.15) is 0 Å². The summed E-state index contributed by atoms with van der Waals surface area (Å²) in [5.41, 5.74) is 6.37. The van der Waals surface area contributed by atoms with Gasteiger partial charge in [0, 0.05) is 23.7 Å². The maximum Gasteiger partial charge on any atom is 0.0719 e. The molecular weight excluding hydrogens is 244 g/mol. The molecule has 0 amide bonds. The van der Waals surface area contributed by atoms with E-state index in [0.29, 0.717) is 6.04 Å². The molecule has 0 radical (unpaired) electrons. The Morgan fingerprint density at radius 3 is 3.00 bits per heavy atom. The molecule has 0 aromatic carbocycles. The van der Waals surface area contributed by atoms with Crippen molar-refractivity contribution in [2.24, 2.45) is 0 Å². The fourth-order valence-corrected chi connectivity index (χ4v) is 2.68. The molecular formula is C13H20N4S. The van der Waals surface area contributed by atoms with Crippen molar-refractivity contribution in [2.45, 2.75) is 25.9 Å². The molecule has 2 aromatic heterocycles. The molecule has 0 aliphatic rings. The molecule has 0 saturated heterocycles. The Balaban J connectivity index is 1.78. The Morgan fingerprint density at radius 2 is 2.39 bits per heavy atom. The average molecular weight is 264 g/mol. The fourth-order valence-electron chi connectivity index (χ4n) is 1.86. The molecule has 0 fully saturated rings. The van der Waals surface area contributed by atoms with Crippen LogP contribution in [-0.4, -0.2) is 34.3 Å². The van der Waals surface area contributed by atoms with Crippen LogP contribution >= 0.6 is 11.3 Å². The summed E-state index contributed by atoms with van der Waals surface area (Å²) < 4.78 is 1.89. The third-order valence-corrected chi connectivity index (χ3v) is 4.06. The summed E-state index contributed by atoms with van der Waals surface area (Å²) in [7, 11) is 2.16. The van der Waals surface area contributed by atoms with E-state index in [0.717, 1.165) is 25.2 Å². The summed E-state index contributed by atoms with van der Waals surface area (Å²) in [6.45, 7) is 4.12. The van der Waals surface area contributed by atoms with Crippen LogP contribution in [0, 0.1) is 0 Å². The highest BCUT2D eigenvalue weighted by Gasteiger charge is 2.10. The lowest BCUT2D eigenvalue weighted by Gasteiger charge is -2.24. The Bertz CT molecular complexity index is 463.